The number of benzene rings is 2. The minimum atomic E-state index is -5.08. The normalized spacial score (nSPS) is 15.2. The van der Waals surface area contributed by atoms with E-state index in [4.69, 9.17) is 19.8 Å². The van der Waals surface area contributed by atoms with Gasteiger partial charge in [0.15, 0.2) is 0 Å². The smallest absolute Gasteiger partial charge is 0.475 e. The second kappa shape index (κ2) is 15.2. The number of amides is 1. The van der Waals surface area contributed by atoms with Gasteiger partial charge in [0.25, 0.3) is 5.91 Å². The number of rotatable bonds is 4. The number of alkyl halides is 6. The molecule has 2 aromatic rings. The first kappa shape index (κ1) is 34.1. The van der Waals surface area contributed by atoms with Crippen LogP contribution in [0.1, 0.15) is 27.9 Å². The molecule has 4 rings (SSSR count). The molecule has 1 saturated heterocycles. The summed E-state index contributed by atoms with van der Waals surface area (Å²) in [4.78, 5) is 32.8. The number of nitrogens with one attached hydrogen (secondary N) is 3. The van der Waals surface area contributed by atoms with Crippen LogP contribution < -0.4 is 20.9 Å². The number of carbonyl (C=O) groups excluding carboxylic acids is 1. The molecular formula is C27H30F6N4O5. The summed E-state index contributed by atoms with van der Waals surface area (Å²) in [6.45, 7) is 8.10. The Bertz CT molecular complexity index is 1230. The zero-order chi connectivity index (χ0) is 31.5. The third-order valence-corrected chi connectivity index (χ3v) is 5.98. The topological polar surface area (TPSA) is 131 Å². The maximum Gasteiger partial charge on any atom is 0.490 e. The van der Waals surface area contributed by atoms with Gasteiger partial charge in [-0.3, -0.25) is 4.79 Å². The Kier molecular flexibility index (Phi) is 12.3. The summed E-state index contributed by atoms with van der Waals surface area (Å²) in [6, 6.07) is 14.1. The number of carboxylic acids is 2. The van der Waals surface area contributed by atoms with Crippen LogP contribution in [-0.2, 0) is 9.59 Å². The molecule has 0 saturated carbocycles. The Morgan fingerprint density at radius 2 is 1.38 bits per heavy atom. The molecule has 42 heavy (non-hydrogen) atoms. The lowest BCUT2D eigenvalue weighted by Gasteiger charge is -2.30. The van der Waals surface area contributed by atoms with Gasteiger partial charge in [0, 0.05) is 49.7 Å². The lowest BCUT2D eigenvalue weighted by atomic mass is 9.99. The summed E-state index contributed by atoms with van der Waals surface area (Å²) in [6.07, 6.45) is -6.91. The molecule has 2 aliphatic rings. The van der Waals surface area contributed by atoms with Crippen molar-refractivity contribution in [3.05, 3.63) is 65.2 Å². The van der Waals surface area contributed by atoms with Crippen molar-refractivity contribution in [2.24, 2.45) is 0 Å². The summed E-state index contributed by atoms with van der Waals surface area (Å²) in [5.74, 6) is -5.58. The minimum absolute atomic E-state index is 0.0693. The monoisotopic (exact) mass is 604 g/mol. The minimum Gasteiger partial charge on any atom is -0.475 e. The molecule has 0 spiro atoms. The summed E-state index contributed by atoms with van der Waals surface area (Å²) in [5.41, 5.74) is 6.51. The molecule has 9 nitrogen and oxygen atoms in total. The zero-order valence-corrected chi connectivity index (χ0v) is 22.4. The van der Waals surface area contributed by atoms with Crippen molar-refractivity contribution in [1.82, 2.24) is 10.6 Å². The van der Waals surface area contributed by atoms with Crippen LogP contribution in [0.3, 0.4) is 0 Å². The number of hydrogen-bond acceptors (Lipinski definition) is 6. The molecule has 0 atom stereocenters. The first-order chi connectivity index (χ1) is 19.6. The molecule has 0 unspecified atom stereocenters. The molecule has 0 aliphatic carbocycles. The number of nitrogens with zero attached hydrogens (tertiary/aromatic N) is 1. The largest absolute Gasteiger partial charge is 0.490 e. The van der Waals surface area contributed by atoms with Crippen molar-refractivity contribution >= 4 is 34.8 Å². The second-order valence-corrected chi connectivity index (χ2v) is 9.06. The Labute approximate surface area is 237 Å². The fraction of sp³-hybridized carbons (Fsp3) is 0.370. The Morgan fingerprint density at radius 3 is 1.83 bits per heavy atom. The fourth-order valence-electron chi connectivity index (χ4n) is 3.92. The van der Waals surface area contributed by atoms with Crippen LogP contribution in [0.15, 0.2) is 48.5 Å². The molecular weight excluding hydrogens is 574 g/mol. The van der Waals surface area contributed by atoms with Gasteiger partial charge in [0.1, 0.15) is 0 Å². The molecule has 5 N–H and O–H groups in total. The molecule has 0 bridgehead atoms. The van der Waals surface area contributed by atoms with Crippen molar-refractivity contribution in [3.63, 3.8) is 0 Å². The van der Waals surface area contributed by atoms with Gasteiger partial charge in [0.05, 0.1) is 0 Å². The molecule has 230 valence electrons. The van der Waals surface area contributed by atoms with Crippen LogP contribution in [-0.4, -0.2) is 79.7 Å². The molecule has 0 radical (unpaired) electrons. The number of halogens is 6. The van der Waals surface area contributed by atoms with Gasteiger partial charge in [-0.25, -0.2) is 9.59 Å². The average molecular weight is 605 g/mol. The lowest BCUT2D eigenvalue weighted by molar-refractivity contribution is -0.193. The van der Waals surface area contributed by atoms with Gasteiger partial charge in [-0.15, -0.1) is 0 Å². The van der Waals surface area contributed by atoms with E-state index >= 15 is 0 Å². The highest BCUT2D eigenvalue weighted by molar-refractivity contribution is 6.04. The fourth-order valence-corrected chi connectivity index (χ4v) is 3.92. The number of aliphatic carboxylic acids is 2. The van der Waals surface area contributed by atoms with Crippen LogP contribution in [0.4, 0.5) is 37.7 Å². The summed E-state index contributed by atoms with van der Waals surface area (Å²) >= 11 is 0. The number of carbonyl (C=O) groups is 3. The van der Waals surface area contributed by atoms with Crippen LogP contribution in [0.5, 0.6) is 0 Å². The number of aryl methyl sites for hydroxylation is 1. The molecule has 2 aliphatic heterocycles. The average Bonchev–Trinajstić information content (AvgIpc) is 2.94. The molecule has 2 heterocycles. The SMILES string of the molecule is Cc1cc(NC(=O)c2ccc(C3=CCNCC3)cc2)ccc1N1CCNCC1.O=C(O)C(F)(F)F.O=C(O)C(F)(F)F. The Balaban J connectivity index is 0.000000367. The van der Waals surface area contributed by atoms with E-state index in [2.05, 4.69) is 46.0 Å². The van der Waals surface area contributed by atoms with Gasteiger partial charge in [-0.05, 0) is 66.9 Å². The number of hydrogen-bond donors (Lipinski definition) is 5. The quantitative estimate of drug-likeness (QED) is 0.327. The summed E-state index contributed by atoms with van der Waals surface area (Å²) in [7, 11) is 0. The third kappa shape index (κ3) is 11.0. The van der Waals surface area contributed by atoms with Gasteiger partial charge in [0.2, 0.25) is 0 Å². The predicted octanol–water partition coefficient (Wildman–Crippen LogP) is 4.30. The van der Waals surface area contributed by atoms with Crippen LogP contribution in [0.25, 0.3) is 5.57 Å². The molecule has 1 amide bonds. The molecule has 1 fully saturated rings. The zero-order valence-electron chi connectivity index (χ0n) is 22.4. The van der Waals surface area contributed by atoms with Gasteiger partial charge < -0.3 is 31.1 Å². The predicted molar refractivity (Wildman–Crippen MR) is 144 cm³/mol. The maximum absolute atomic E-state index is 12.6. The van der Waals surface area contributed by atoms with Gasteiger partial charge in [-0.1, -0.05) is 18.2 Å². The van der Waals surface area contributed by atoms with E-state index in [0.29, 0.717) is 5.56 Å². The van der Waals surface area contributed by atoms with Crippen LogP contribution in [0.2, 0.25) is 0 Å². The highest BCUT2D eigenvalue weighted by Gasteiger charge is 2.38. The van der Waals surface area contributed by atoms with Crippen molar-refractivity contribution in [1.29, 1.82) is 0 Å². The standard InChI is InChI=1S/C23H28N4O.2C2HF3O2/c1-17-16-21(6-7-22(17)27-14-12-25-13-15-27)26-23(28)20-4-2-18(3-5-20)19-8-10-24-11-9-19;2*3-2(4,5)1(6)7/h2-8,16,24-25H,9-15H2,1H3,(H,26,28);2*(H,6,7). The molecule has 0 aromatic heterocycles. The van der Waals surface area contributed by atoms with E-state index in [1.165, 1.54) is 22.4 Å². The maximum atomic E-state index is 12.6. The highest BCUT2D eigenvalue weighted by Crippen LogP contribution is 2.25. The van der Waals surface area contributed by atoms with Crippen molar-refractivity contribution < 1.29 is 50.9 Å². The first-order valence-corrected chi connectivity index (χ1v) is 12.6. The van der Waals surface area contributed by atoms with Gasteiger partial charge in [-0.2, -0.15) is 26.3 Å². The van der Waals surface area contributed by atoms with Crippen molar-refractivity contribution in [3.8, 4) is 0 Å². The Hall–Kier alpha value is -4.11. The van der Waals surface area contributed by atoms with E-state index in [9.17, 15) is 31.1 Å². The first-order valence-electron chi connectivity index (χ1n) is 12.6. The number of carboxylic acid groups (broad SMARTS) is 2. The van der Waals surface area contributed by atoms with E-state index in [1.807, 2.05) is 30.3 Å². The molecule has 2 aromatic carbocycles. The third-order valence-electron chi connectivity index (χ3n) is 5.98. The van der Waals surface area contributed by atoms with Crippen molar-refractivity contribution in [2.75, 3.05) is 49.5 Å². The summed E-state index contributed by atoms with van der Waals surface area (Å²) < 4.78 is 63.5. The van der Waals surface area contributed by atoms with E-state index < -0.39 is 24.3 Å². The number of piperazine rings is 1. The lowest BCUT2D eigenvalue weighted by Crippen LogP contribution is -2.43. The molecule has 15 heteroatoms. The summed E-state index contributed by atoms with van der Waals surface area (Å²) in [5, 5.41) is 24.0. The van der Waals surface area contributed by atoms with Crippen molar-refractivity contribution in [2.45, 2.75) is 25.7 Å². The second-order valence-electron chi connectivity index (χ2n) is 9.06. The van der Waals surface area contributed by atoms with Crippen LogP contribution in [0, 0.1) is 6.92 Å². The van der Waals surface area contributed by atoms with E-state index in [-0.39, 0.29) is 5.91 Å². The van der Waals surface area contributed by atoms with E-state index in [1.54, 1.807) is 0 Å². The highest BCUT2D eigenvalue weighted by atomic mass is 19.4. The van der Waals surface area contributed by atoms with Gasteiger partial charge >= 0.3 is 24.3 Å². The number of anilines is 2. The van der Waals surface area contributed by atoms with E-state index in [0.717, 1.165) is 51.4 Å². The van der Waals surface area contributed by atoms with Crippen LogP contribution >= 0.6 is 0 Å². The Morgan fingerprint density at radius 1 is 0.833 bits per heavy atom.